The number of nitrogens with one attached hydrogen (secondary N) is 2. The lowest BCUT2D eigenvalue weighted by Gasteiger charge is -2.32. The maximum Gasteiger partial charge on any atom is 0.279 e. The van der Waals surface area contributed by atoms with Gasteiger partial charge in [0.05, 0.1) is 13.1 Å². The summed E-state index contributed by atoms with van der Waals surface area (Å²) in [6.07, 6.45) is 7.70. The minimum absolute atomic E-state index is 0.145. The molecular weight excluding hydrogens is 298 g/mol. The highest BCUT2D eigenvalue weighted by Crippen LogP contribution is 2.24. The van der Waals surface area contributed by atoms with Crippen molar-refractivity contribution in [2.24, 2.45) is 5.92 Å². The molecular formula is C20H32N3O+. The van der Waals surface area contributed by atoms with Crippen molar-refractivity contribution in [2.75, 3.05) is 42.9 Å². The maximum absolute atomic E-state index is 12.3. The lowest BCUT2D eigenvalue weighted by molar-refractivity contribution is -0.890. The largest absolute Gasteiger partial charge is 0.372 e. The van der Waals surface area contributed by atoms with Gasteiger partial charge in [0, 0.05) is 24.5 Å². The molecule has 0 atom stereocenters. The third-order valence-corrected chi connectivity index (χ3v) is 5.52. The molecule has 132 valence electrons. The average molecular weight is 330 g/mol. The van der Waals surface area contributed by atoms with Crippen LogP contribution in [-0.4, -0.2) is 38.6 Å². The van der Waals surface area contributed by atoms with Gasteiger partial charge in [-0.15, -0.1) is 0 Å². The molecule has 24 heavy (non-hydrogen) atoms. The molecule has 0 radical (unpaired) electrons. The molecule has 4 nitrogen and oxygen atoms in total. The fourth-order valence-corrected chi connectivity index (χ4v) is 3.86. The molecule has 1 aromatic carbocycles. The molecule has 0 bridgehead atoms. The first-order valence-electron chi connectivity index (χ1n) is 9.69. The Morgan fingerprint density at radius 3 is 2.33 bits per heavy atom. The summed E-state index contributed by atoms with van der Waals surface area (Å²) in [5.74, 6) is 0.993. The summed E-state index contributed by atoms with van der Waals surface area (Å²) >= 11 is 0. The molecule has 0 saturated carbocycles. The van der Waals surface area contributed by atoms with Crippen molar-refractivity contribution >= 4 is 17.3 Å². The lowest BCUT2D eigenvalue weighted by atomic mass is 9.99. The lowest BCUT2D eigenvalue weighted by Crippen LogP contribution is -3.12. The number of hydrogen-bond donors (Lipinski definition) is 2. The zero-order valence-electron chi connectivity index (χ0n) is 15.0. The van der Waals surface area contributed by atoms with Crippen LogP contribution >= 0.6 is 0 Å². The van der Waals surface area contributed by atoms with Gasteiger partial charge < -0.3 is 15.1 Å². The van der Waals surface area contributed by atoms with Crippen LogP contribution in [0, 0.1) is 5.92 Å². The van der Waals surface area contributed by atoms with Gasteiger partial charge in [-0.1, -0.05) is 6.92 Å². The molecule has 2 aliphatic heterocycles. The van der Waals surface area contributed by atoms with E-state index in [0.29, 0.717) is 6.54 Å². The number of piperidine rings is 1. The Bertz CT molecular complexity index is 512. The highest BCUT2D eigenvalue weighted by atomic mass is 16.2. The predicted octanol–water partition coefficient (Wildman–Crippen LogP) is 2.32. The molecule has 2 aliphatic rings. The van der Waals surface area contributed by atoms with E-state index in [1.165, 1.54) is 49.1 Å². The van der Waals surface area contributed by atoms with Gasteiger partial charge in [-0.25, -0.2) is 0 Å². The van der Waals surface area contributed by atoms with E-state index in [2.05, 4.69) is 29.3 Å². The maximum atomic E-state index is 12.3. The number of benzene rings is 1. The van der Waals surface area contributed by atoms with Gasteiger partial charge in [0.1, 0.15) is 0 Å². The van der Waals surface area contributed by atoms with Crippen molar-refractivity contribution in [1.82, 2.24) is 0 Å². The molecule has 0 aliphatic carbocycles. The monoisotopic (exact) mass is 330 g/mol. The molecule has 2 fully saturated rings. The molecule has 0 aromatic heterocycles. The number of nitrogens with zero attached hydrogens (tertiary/aromatic N) is 1. The molecule has 1 aromatic rings. The first-order chi connectivity index (χ1) is 11.7. The Hall–Kier alpha value is -1.55. The third-order valence-electron chi connectivity index (χ3n) is 5.52. The van der Waals surface area contributed by atoms with E-state index >= 15 is 0 Å². The van der Waals surface area contributed by atoms with Gasteiger partial charge in [0.15, 0.2) is 6.54 Å². The Morgan fingerprint density at radius 2 is 1.71 bits per heavy atom. The molecule has 1 amide bonds. The Labute approximate surface area is 146 Å². The molecule has 4 heteroatoms. The van der Waals surface area contributed by atoms with Crippen molar-refractivity contribution in [3.05, 3.63) is 24.3 Å². The third kappa shape index (κ3) is 4.97. The molecule has 0 spiro atoms. The molecule has 2 heterocycles. The number of carbonyl (C=O) groups is 1. The van der Waals surface area contributed by atoms with E-state index in [-0.39, 0.29) is 5.91 Å². The zero-order valence-corrected chi connectivity index (χ0v) is 15.0. The van der Waals surface area contributed by atoms with E-state index in [1.807, 2.05) is 12.1 Å². The van der Waals surface area contributed by atoms with Crippen LogP contribution < -0.4 is 15.1 Å². The predicted molar refractivity (Wildman–Crippen MR) is 99.7 cm³/mol. The quantitative estimate of drug-likeness (QED) is 0.889. The van der Waals surface area contributed by atoms with Gasteiger partial charge in [0.25, 0.3) is 5.91 Å². The highest BCUT2D eigenvalue weighted by molar-refractivity contribution is 5.91. The second-order valence-corrected chi connectivity index (χ2v) is 7.61. The first kappa shape index (κ1) is 17.3. The first-order valence-corrected chi connectivity index (χ1v) is 9.69. The summed E-state index contributed by atoms with van der Waals surface area (Å²) in [5, 5.41) is 3.07. The number of rotatable bonds is 4. The van der Waals surface area contributed by atoms with E-state index in [0.717, 1.165) is 37.8 Å². The smallest absolute Gasteiger partial charge is 0.279 e. The van der Waals surface area contributed by atoms with Crippen molar-refractivity contribution in [2.45, 2.75) is 45.4 Å². The van der Waals surface area contributed by atoms with Gasteiger partial charge in [-0.3, -0.25) is 4.79 Å². The molecule has 2 N–H and O–H groups in total. The molecule has 3 rings (SSSR count). The van der Waals surface area contributed by atoms with E-state index in [4.69, 9.17) is 0 Å². The van der Waals surface area contributed by atoms with Crippen LogP contribution in [0.5, 0.6) is 0 Å². The average Bonchev–Trinajstić information content (AvgIpc) is 2.85. The van der Waals surface area contributed by atoms with Crippen LogP contribution in [0.4, 0.5) is 11.4 Å². The Balaban J connectivity index is 1.49. The fourth-order valence-electron chi connectivity index (χ4n) is 3.86. The zero-order chi connectivity index (χ0) is 16.8. The second-order valence-electron chi connectivity index (χ2n) is 7.61. The van der Waals surface area contributed by atoms with E-state index in [1.54, 1.807) is 0 Å². The van der Waals surface area contributed by atoms with Gasteiger partial charge >= 0.3 is 0 Å². The van der Waals surface area contributed by atoms with Crippen molar-refractivity contribution in [3.8, 4) is 0 Å². The van der Waals surface area contributed by atoms with Gasteiger partial charge in [-0.05, 0) is 68.7 Å². The van der Waals surface area contributed by atoms with Crippen LogP contribution in [-0.2, 0) is 4.79 Å². The SMILES string of the molecule is CC1CCN(c2ccc(NC(=O)C[NH+]3CCCCCC3)cc2)CC1. The number of amides is 1. The van der Waals surface area contributed by atoms with E-state index in [9.17, 15) is 4.79 Å². The summed E-state index contributed by atoms with van der Waals surface area (Å²) in [6, 6.07) is 8.38. The summed E-state index contributed by atoms with van der Waals surface area (Å²) in [7, 11) is 0. The Morgan fingerprint density at radius 1 is 1.08 bits per heavy atom. The standard InChI is InChI=1S/C20H31N3O/c1-17-10-14-23(15-11-17)19-8-6-18(7-9-19)21-20(24)16-22-12-4-2-3-5-13-22/h6-9,17H,2-5,10-16H2,1H3,(H,21,24)/p+1. The number of quaternary nitrogens is 1. The van der Waals surface area contributed by atoms with Crippen molar-refractivity contribution in [3.63, 3.8) is 0 Å². The topological polar surface area (TPSA) is 36.8 Å². The van der Waals surface area contributed by atoms with E-state index < -0.39 is 0 Å². The fraction of sp³-hybridized carbons (Fsp3) is 0.650. The van der Waals surface area contributed by atoms with Crippen LogP contribution in [0.3, 0.4) is 0 Å². The number of likely N-dealkylation sites (tertiary alicyclic amines) is 1. The second kappa shape index (κ2) is 8.52. The number of anilines is 2. The summed E-state index contributed by atoms with van der Waals surface area (Å²) in [4.78, 5) is 16.2. The molecule has 0 unspecified atom stereocenters. The number of hydrogen-bond acceptors (Lipinski definition) is 2. The van der Waals surface area contributed by atoms with Crippen LogP contribution in [0.25, 0.3) is 0 Å². The van der Waals surface area contributed by atoms with Gasteiger partial charge in [0.2, 0.25) is 0 Å². The number of carbonyl (C=O) groups excluding carboxylic acids is 1. The molecule has 2 saturated heterocycles. The highest BCUT2D eigenvalue weighted by Gasteiger charge is 2.17. The van der Waals surface area contributed by atoms with Crippen LogP contribution in [0.15, 0.2) is 24.3 Å². The minimum Gasteiger partial charge on any atom is -0.372 e. The summed E-state index contributed by atoms with van der Waals surface area (Å²) in [6.45, 7) is 7.50. The summed E-state index contributed by atoms with van der Waals surface area (Å²) < 4.78 is 0. The Kier molecular flexibility index (Phi) is 6.13. The van der Waals surface area contributed by atoms with Crippen LogP contribution in [0.2, 0.25) is 0 Å². The normalized spacial score (nSPS) is 20.6. The summed E-state index contributed by atoms with van der Waals surface area (Å²) in [5.41, 5.74) is 2.20. The van der Waals surface area contributed by atoms with Crippen molar-refractivity contribution < 1.29 is 9.69 Å². The van der Waals surface area contributed by atoms with Gasteiger partial charge in [-0.2, -0.15) is 0 Å². The van der Waals surface area contributed by atoms with Crippen molar-refractivity contribution in [1.29, 1.82) is 0 Å². The van der Waals surface area contributed by atoms with Crippen LogP contribution in [0.1, 0.15) is 45.4 Å². The minimum atomic E-state index is 0.145.